The van der Waals surface area contributed by atoms with Crippen LogP contribution in [0.1, 0.15) is 25.6 Å². The Labute approximate surface area is 151 Å². The van der Waals surface area contributed by atoms with Gasteiger partial charge in [-0.25, -0.2) is 9.78 Å². The fourth-order valence-corrected chi connectivity index (χ4v) is 3.50. The molecule has 1 saturated heterocycles. The first-order chi connectivity index (χ1) is 12.3. The zero-order valence-corrected chi connectivity index (χ0v) is 15.6. The molecule has 9 heteroatoms. The molecule has 3 heterocycles. The molecule has 2 aromatic rings. The maximum absolute atomic E-state index is 12.7. The molecule has 0 spiro atoms. The summed E-state index contributed by atoms with van der Waals surface area (Å²) >= 11 is 0. The molecular weight excluding hydrogens is 338 g/mol. The predicted molar refractivity (Wildman–Crippen MR) is 97.0 cm³/mol. The summed E-state index contributed by atoms with van der Waals surface area (Å²) in [6.45, 7) is 4.32. The number of rotatable bonds is 5. The zero-order chi connectivity index (χ0) is 19.0. The first-order valence-electron chi connectivity index (χ1n) is 8.99. The molecule has 0 aromatic carbocycles. The first-order valence-corrected chi connectivity index (χ1v) is 8.99. The largest absolute Gasteiger partial charge is 0.394 e. The topological polar surface area (TPSA) is 106 Å². The summed E-state index contributed by atoms with van der Waals surface area (Å²) in [7, 11) is 3.01. The van der Waals surface area contributed by atoms with Crippen molar-refractivity contribution in [2.45, 2.75) is 39.0 Å². The van der Waals surface area contributed by atoms with E-state index in [1.54, 1.807) is 11.6 Å². The van der Waals surface area contributed by atoms with Crippen LogP contribution in [-0.4, -0.2) is 59.6 Å². The van der Waals surface area contributed by atoms with E-state index < -0.39 is 24.0 Å². The van der Waals surface area contributed by atoms with E-state index >= 15 is 0 Å². The number of hydrogen-bond donors (Lipinski definition) is 2. The predicted octanol–water partition coefficient (Wildman–Crippen LogP) is -0.981. The third kappa shape index (κ3) is 3.34. The van der Waals surface area contributed by atoms with Crippen LogP contribution in [0.25, 0.3) is 11.2 Å². The second-order valence-corrected chi connectivity index (χ2v) is 7.31. The Bertz CT molecular complexity index is 904. The lowest BCUT2D eigenvalue weighted by Gasteiger charge is -2.30. The van der Waals surface area contributed by atoms with Crippen LogP contribution in [0.5, 0.6) is 0 Å². The monoisotopic (exact) mass is 365 g/mol. The van der Waals surface area contributed by atoms with Crippen molar-refractivity contribution < 1.29 is 10.2 Å². The van der Waals surface area contributed by atoms with Crippen LogP contribution in [0.3, 0.4) is 0 Å². The molecule has 26 heavy (non-hydrogen) atoms. The Hall–Kier alpha value is -1.97. The van der Waals surface area contributed by atoms with Crippen molar-refractivity contribution in [3.63, 3.8) is 0 Å². The van der Waals surface area contributed by atoms with Gasteiger partial charge >= 0.3 is 5.69 Å². The lowest BCUT2D eigenvalue weighted by Crippen LogP contribution is -2.38. The van der Waals surface area contributed by atoms with Crippen LogP contribution in [0.2, 0.25) is 0 Å². The number of aliphatic hydroxyl groups is 2. The number of fused-ring (bicyclic) bond motifs is 1. The van der Waals surface area contributed by atoms with Crippen LogP contribution in [0, 0.1) is 5.92 Å². The molecule has 0 bridgehead atoms. The van der Waals surface area contributed by atoms with Crippen molar-refractivity contribution in [2.75, 3.05) is 19.7 Å². The minimum atomic E-state index is -1.01. The summed E-state index contributed by atoms with van der Waals surface area (Å²) in [6.07, 6.45) is 1.22. The summed E-state index contributed by atoms with van der Waals surface area (Å²) in [6, 6.07) is 0. The van der Waals surface area contributed by atoms with E-state index in [-0.39, 0.29) is 12.1 Å². The molecule has 2 N–H and O–H groups in total. The molecule has 3 rings (SSSR count). The standard InChI is InChI=1S/C17H27N5O4/c1-11-4-6-21(7-5-11)9-13-18-15-14(22(13)8-12(24)10-23)16(25)20(3)17(26)19(15)2/h11-12,23-24H,4-10H2,1-3H3/t12-/m0/s1. The maximum Gasteiger partial charge on any atom is 0.332 e. The highest BCUT2D eigenvalue weighted by molar-refractivity contribution is 5.71. The van der Waals surface area contributed by atoms with Gasteiger partial charge in [0.1, 0.15) is 5.82 Å². The quantitative estimate of drug-likeness (QED) is 0.706. The van der Waals surface area contributed by atoms with E-state index in [9.17, 15) is 19.8 Å². The summed E-state index contributed by atoms with van der Waals surface area (Å²) in [4.78, 5) is 31.7. The molecular formula is C17H27N5O4. The van der Waals surface area contributed by atoms with Gasteiger partial charge in [-0.15, -0.1) is 0 Å². The Morgan fingerprint density at radius 3 is 2.46 bits per heavy atom. The minimum absolute atomic E-state index is 0.0556. The Balaban J connectivity index is 2.10. The van der Waals surface area contributed by atoms with Crippen molar-refractivity contribution in [2.24, 2.45) is 20.0 Å². The zero-order valence-electron chi connectivity index (χ0n) is 15.6. The lowest BCUT2D eigenvalue weighted by atomic mass is 9.99. The van der Waals surface area contributed by atoms with Crippen LogP contribution in [0.4, 0.5) is 0 Å². The number of aryl methyl sites for hydroxylation is 1. The van der Waals surface area contributed by atoms with Gasteiger partial charge in [0.15, 0.2) is 11.2 Å². The van der Waals surface area contributed by atoms with Crippen LogP contribution in [0.15, 0.2) is 9.59 Å². The summed E-state index contributed by atoms with van der Waals surface area (Å²) in [5.74, 6) is 1.33. The van der Waals surface area contributed by atoms with E-state index in [4.69, 9.17) is 0 Å². The number of nitrogens with zero attached hydrogens (tertiary/aromatic N) is 5. The van der Waals surface area contributed by atoms with Gasteiger partial charge in [-0.05, 0) is 31.8 Å². The number of hydrogen-bond acceptors (Lipinski definition) is 6. The number of aromatic nitrogens is 4. The molecule has 9 nitrogen and oxygen atoms in total. The number of piperidine rings is 1. The van der Waals surface area contributed by atoms with Gasteiger partial charge in [-0.3, -0.25) is 18.8 Å². The lowest BCUT2D eigenvalue weighted by molar-refractivity contribution is 0.0802. The van der Waals surface area contributed by atoms with E-state index in [1.807, 2.05) is 0 Å². The summed E-state index contributed by atoms with van der Waals surface area (Å²) < 4.78 is 4.04. The van der Waals surface area contributed by atoms with Crippen molar-refractivity contribution >= 4 is 11.2 Å². The molecule has 0 amide bonds. The average molecular weight is 365 g/mol. The molecule has 0 aliphatic carbocycles. The SMILES string of the molecule is CC1CCN(Cc2nc3c(c(=O)n(C)c(=O)n3C)n2C[C@H](O)CO)CC1. The van der Waals surface area contributed by atoms with E-state index in [1.165, 1.54) is 11.6 Å². The van der Waals surface area contributed by atoms with Gasteiger partial charge in [0.2, 0.25) is 0 Å². The molecule has 1 aliphatic rings. The van der Waals surface area contributed by atoms with Crippen molar-refractivity contribution in [3.8, 4) is 0 Å². The first kappa shape index (κ1) is 18.8. The number of likely N-dealkylation sites (tertiary alicyclic amines) is 1. The van der Waals surface area contributed by atoms with Gasteiger partial charge < -0.3 is 14.8 Å². The van der Waals surface area contributed by atoms with Crippen molar-refractivity contribution in [1.82, 2.24) is 23.6 Å². The summed E-state index contributed by atoms with van der Waals surface area (Å²) in [5.41, 5.74) is -0.293. The van der Waals surface area contributed by atoms with E-state index in [0.717, 1.165) is 30.5 Å². The van der Waals surface area contributed by atoms with Gasteiger partial charge in [0.05, 0.1) is 25.8 Å². The second kappa shape index (κ2) is 7.34. The maximum atomic E-state index is 12.7. The highest BCUT2D eigenvalue weighted by Gasteiger charge is 2.23. The number of imidazole rings is 1. The highest BCUT2D eigenvalue weighted by Crippen LogP contribution is 2.20. The van der Waals surface area contributed by atoms with E-state index in [0.29, 0.717) is 23.9 Å². The molecule has 0 saturated carbocycles. The molecule has 1 atom stereocenters. The molecule has 1 aliphatic heterocycles. The van der Waals surface area contributed by atoms with E-state index in [2.05, 4.69) is 16.8 Å². The Morgan fingerprint density at radius 1 is 1.19 bits per heavy atom. The van der Waals surface area contributed by atoms with Crippen molar-refractivity contribution in [1.29, 1.82) is 0 Å². The highest BCUT2D eigenvalue weighted by atomic mass is 16.3. The van der Waals surface area contributed by atoms with Crippen molar-refractivity contribution in [3.05, 3.63) is 26.7 Å². The molecule has 0 unspecified atom stereocenters. The molecule has 2 aromatic heterocycles. The third-order valence-corrected chi connectivity index (χ3v) is 5.27. The van der Waals surface area contributed by atoms with Gasteiger partial charge in [0.25, 0.3) is 5.56 Å². The second-order valence-electron chi connectivity index (χ2n) is 7.31. The molecule has 1 fully saturated rings. The van der Waals surface area contributed by atoms with Gasteiger partial charge in [-0.2, -0.15) is 0 Å². The van der Waals surface area contributed by atoms with Crippen LogP contribution in [-0.2, 0) is 27.2 Å². The molecule has 144 valence electrons. The fourth-order valence-electron chi connectivity index (χ4n) is 3.50. The summed E-state index contributed by atoms with van der Waals surface area (Å²) in [5, 5.41) is 19.2. The number of aliphatic hydroxyl groups excluding tert-OH is 2. The third-order valence-electron chi connectivity index (χ3n) is 5.27. The smallest absolute Gasteiger partial charge is 0.332 e. The average Bonchev–Trinajstić information content (AvgIpc) is 2.98. The van der Waals surface area contributed by atoms with Gasteiger partial charge in [0, 0.05) is 14.1 Å². The Morgan fingerprint density at radius 2 is 1.85 bits per heavy atom. The molecule has 0 radical (unpaired) electrons. The minimum Gasteiger partial charge on any atom is -0.394 e. The van der Waals surface area contributed by atoms with Crippen LogP contribution >= 0.6 is 0 Å². The normalized spacial score (nSPS) is 17.9. The fraction of sp³-hybridized carbons (Fsp3) is 0.706. The van der Waals surface area contributed by atoms with Crippen LogP contribution < -0.4 is 11.2 Å². The van der Waals surface area contributed by atoms with Gasteiger partial charge in [-0.1, -0.05) is 6.92 Å². The Kier molecular flexibility index (Phi) is 5.31.